The largest absolute Gasteiger partial charge is 0.493 e. The molecule has 0 amide bonds. The van der Waals surface area contributed by atoms with E-state index in [2.05, 4.69) is 6.07 Å². The molecule has 1 aromatic carbocycles. The molecule has 1 aromatic heterocycles. The fraction of sp³-hybridized carbons (Fsp3) is 0.286. The van der Waals surface area contributed by atoms with Crippen LogP contribution in [0.3, 0.4) is 0 Å². The number of hydrogen-bond acceptors (Lipinski definition) is 3. The van der Waals surface area contributed by atoms with Gasteiger partial charge in [-0.15, -0.1) is 0 Å². The molecule has 2 heterocycles. The normalized spacial score (nSPS) is 15.4. The standard InChI is InChI=1S/C14H15NO2/c1-9-2-4-13(17-9)14(15)11-3-5-12-10(8-11)6-7-16-12/h2-5,8,14H,6-7,15H2,1H3. The number of fused-ring (bicyclic) bond motifs is 1. The summed E-state index contributed by atoms with van der Waals surface area (Å²) in [6, 6.07) is 9.79. The Balaban J connectivity index is 1.94. The predicted octanol–water partition coefficient (Wildman–Crippen LogP) is 2.57. The number of benzene rings is 1. The smallest absolute Gasteiger partial charge is 0.125 e. The van der Waals surface area contributed by atoms with E-state index in [1.807, 2.05) is 31.2 Å². The number of aryl methyl sites for hydroxylation is 1. The van der Waals surface area contributed by atoms with Gasteiger partial charge >= 0.3 is 0 Å². The van der Waals surface area contributed by atoms with Crippen molar-refractivity contribution in [2.45, 2.75) is 19.4 Å². The molecular formula is C14H15NO2. The minimum absolute atomic E-state index is 0.199. The Kier molecular flexibility index (Phi) is 2.41. The van der Waals surface area contributed by atoms with E-state index in [9.17, 15) is 0 Å². The molecule has 0 spiro atoms. The van der Waals surface area contributed by atoms with E-state index in [0.717, 1.165) is 35.9 Å². The van der Waals surface area contributed by atoms with E-state index in [4.69, 9.17) is 14.9 Å². The average molecular weight is 229 g/mol. The lowest BCUT2D eigenvalue weighted by molar-refractivity contribution is 0.356. The summed E-state index contributed by atoms with van der Waals surface area (Å²) in [7, 11) is 0. The molecule has 3 heteroatoms. The highest BCUT2D eigenvalue weighted by atomic mass is 16.5. The molecule has 0 aliphatic carbocycles. The van der Waals surface area contributed by atoms with E-state index < -0.39 is 0 Å². The number of hydrogen-bond donors (Lipinski definition) is 1. The van der Waals surface area contributed by atoms with Crippen LogP contribution in [0.4, 0.5) is 0 Å². The van der Waals surface area contributed by atoms with Crippen LogP contribution in [0.15, 0.2) is 34.7 Å². The summed E-state index contributed by atoms with van der Waals surface area (Å²) in [4.78, 5) is 0. The van der Waals surface area contributed by atoms with Crippen LogP contribution in [-0.2, 0) is 6.42 Å². The highest BCUT2D eigenvalue weighted by Gasteiger charge is 2.17. The van der Waals surface area contributed by atoms with Gasteiger partial charge in [0, 0.05) is 6.42 Å². The maximum Gasteiger partial charge on any atom is 0.125 e. The van der Waals surface area contributed by atoms with Crippen molar-refractivity contribution in [2.24, 2.45) is 5.73 Å². The Bertz CT molecular complexity index is 545. The fourth-order valence-corrected chi connectivity index (χ4v) is 2.18. The minimum Gasteiger partial charge on any atom is -0.493 e. The molecule has 0 fully saturated rings. The Morgan fingerprint density at radius 1 is 1.24 bits per heavy atom. The van der Waals surface area contributed by atoms with Gasteiger partial charge in [0.25, 0.3) is 0 Å². The van der Waals surface area contributed by atoms with Crippen LogP contribution in [0, 0.1) is 6.92 Å². The van der Waals surface area contributed by atoms with Crippen LogP contribution in [0.25, 0.3) is 0 Å². The third-order valence-corrected chi connectivity index (χ3v) is 3.14. The van der Waals surface area contributed by atoms with Crippen molar-refractivity contribution in [3.05, 3.63) is 53.0 Å². The van der Waals surface area contributed by atoms with Gasteiger partial charge < -0.3 is 14.9 Å². The van der Waals surface area contributed by atoms with Gasteiger partial charge in [0.2, 0.25) is 0 Å². The molecule has 0 bridgehead atoms. The van der Waals surface area contributed by atoms with Gasteiger partial charge in [0.1, 0.15) is 17.3 Å². The molecule has 3 nitrogen and oxygen atoms in total. The van der Waals surface area contributed by atoms with Crippen LogP contribution in [0.2, 0.25) is 0 Å². The number of ether oxygens (including phenoxy) is 1. The number of rotatable bonds is 2. The molecule has 0 saturated heterocycles. The second kappa shape index (κ2) is 3.93. The zero-order chi connectivity index (χ0) is 11.8. The van der Waals surface area contributed by atoms with Crippen molar-refractivity contribution in [2.75, 3.05) is 6.61 Å². The predicted molar refractivity (Wildman–Crippen MR) is 65.1 cm³/mol. The second-order valence-corrected chi connectivity index (χ2v) is 4.39. The first-order chi connectivity index (χ1) is 8.24. The summed E-state index contributed by atoms with van der Waals surface area (Å²) in [6.07, 6.45) is 0.965. The van der Waals surface area contributed by atoms with Gasteiger partial charge in [-0.1, -0.05) is 6.07 Å². The van der Waals surface area contributed by atoms with Crippen molar-refractivity contribution in [3.63, 3.8) is 0 Å². The zero-order valence-electron chi connectivity index (χ0n) is 9.77. The Hall–Kier alpha value is -1.74. The quantitative estimate of drug-likeness (QED) is 0.861. The van der Waals surface area contributed by atoms with E-state index in [0.29, 0.717) is 0 Å². The summed E-state index contributed by atoms with van der Waals surface area (Å²) < 4.78 is 11.0. The lowest BCUT2D eigenvalue weighted by Gasteiger charge is -2.10. The van der Waals surface area contributed by atoms with E-state index >= 15 is 0 Å². The maximum absolute atomic E-state index is 6.19. The van der Waals surface area contributed by atoms with Gasteiger partial charge in [-0.05, 0) is 42.3 Å². The molecule has 3 rings (SSSR count). The summed E-state index contributed by atoms with van der Waals surface area (Å²) in [5.74, 6) is 2.68. The monoisotopic (exact) mass is 229 g/mol. The first-order valence-electron chi connectivity index (χ1n) is 5.81. The van der Waals surface area contributed by atoms with Crippen molar-refractivity contribution in [1.29, 1.82) is 0 Å². The Morgan fingerprint density at radius 2 is 2.12 bits per heavy atom. The minimum atomic E-state index is -0.199. The molecule has 17 heavy (non-hydrogen) atoms. The van der Waals surface area contributed by atoms with E-state index in [-0.39, 0.29) is 6.04 Å². The molecule has 1 unspecified atom stereocenters. The van der Waals surface area contributed by atoms with Gasteiger partial charge in [-0.25, -0.2) is 0 Å². The SMILES string of the molecule is Cc1ccc(C(N)c2ccc3c(c2)CCO3)o1. The van der Waals surface area contributed by atoms with Crippen molar-refractivity contribution >= 4 is 0 Å². The molecular weight excluding hydrogens is 214 g/mol. The topological polar surface area (TPSA) is 48.4 Å². The first-order valence-corrected chi connectivity index (χ1v) is 5.81. The second-order valence-electron chi connectivity index (χ2n) is 4.39. The van der Waals surface area contributed by atoms with Crippen LogP contribution in [0.1, 0.15) is 28.7 Å². The summed E-state index contributed by atoms with van der Waals surface area (Å²) in [5, 5.41) is 0. The maximum atomic E-state index is 6.19. The Labute approximate surface area is 100 Å². The van der Waals surface area contributed by atoms with Gasteiger partial charge in [-0.2, -0.15) is 0 Å². The van der Waals surface area contributed by atoms with Gasteiger partial charge in [0.15, 0.2) is 0 Å². The van der Waals surface area contributed by atoms with Gasteiger partial charge in [0.05, 0.1) is 12.6 Å². The van der Waals surface area contributed by atoms with Crippen LogP contribution in [-0.4, -0.2) is 6.61 Å². The molecule has 2 aromatic rings. The van der Waals surface area contributed by atoms with Crippen LogP contribution < -0.4 is 10.5 Å². The summed E-state index contributed by atoms with van der Waals surface area (Å²) in [5.41, 5.74) is 8.50. The molecule has 0 radical (unpaired) electrons. The lowest BCUT2D eigenvalue weighted by Crippen LogP contribution is -2.11. The third kappa shape index (κ3) is 1.83. The van der Waals surface area contributed by atoms with E-state index in [1.165, 1.54) is 5.56 Å². The van der Waals surface area contributed by atoms with Crippen molar-refractivity contribution < 1.29 is 9.15 Å². The highest BCUT2D eigenvalue weighted by Crippen LogP contribution is 2.30. The first kappa shape index (κ1) is 10.4. The number of furan rings is 1. The number of nitrogens with two attached hydrogens (primary N) is 1. The average Bonchev–Trinajstić information content (AvgIpc) is 2.95. The third-order valence-electron chi connectivity index (χ3n) is 3.14. The van der Waals surface area contributed by atoms with Gasteiger partial charge in [-0.3, -0.25) is 0 Å². The highest BCUT2D eigenvalue weighted by molar-refractivity contribution is 5.42. The van der Waals surface area contributed by atoms with Crippen molar-refractivity contribution in [3.8, 4) is 5.75 Å². The Morgan fingerprint density at radius 3 is 2.88 bits per heavy atom. The lowest BCUT2D eigenvalue weighted by atomic mass is 10.0. The molecule has 1 aliphatic heterocycles. The summed E-state index contributed by atoms with van der Waals surface area (Å²) >= 11 is 0. The fourth-order valence-electron chi connectivity index (χ4n) is 2.18. The zero-order valence-corrected chi connectivity index (χ0v) is 9.77. The molecule has 1 aliphatic rings. The summed E-state index contributed by atoms with van der Waals surface area (Å²) in [6.45, 7) is 2.70. The molecule has 88 valence electrons. The van der Waals surface area contributed by atoms with Crippen molar-refractivity contribution in [1.82, 2.24) is 0 Å². The van der Waals surface area contributed by atoms with Crippen LogP contribution in [0.5, 0.6) is 5.75 Å². The molecule has 2 N–H and O–H groups in total. The van der Waals surface area contributed by atoms with Crippen LogP contribution >= 0.6 is 0 Å². The van der Waals surface area contributed by atoms with E-state index in [1.54, 1.807) is 0 Å². The molecule has 1 atom stereocenters. The molecule has 0 saturated carbocycles.